The molecule has 0 saturated carbocycles. The zero-order valence-corrected chi connectivity index (χ0v) is 14.6. The van der Waals surface area contributed by atoms with Crippen molar-refractivity contribution in [3.05, 3.63) is 58.4 Å². The van der Waals surface area contributed by atoms with E-state index in [1.165, 1.54) is 25.4 Å². The maximum absolute atomic E-state index is 14.2. The molecule has 0 atom stereocenters. The van der Waals surface area contributed by atoms with Crippen LogP contribution in [0.1, 0.15) is 12.1 Å². The largest absolute Gasteiger partial charge is 0.497 e. The van der Waals surface area contributed by atoms with E-state index in [9.17, 15) is 31.1 Å². The minimum atomic E-state index is -4.68. The highest BCUT2D eigenvalue weighted by Crippen LogP contribution is 2.31. The van der Waals surface area contributed by atoms with Crippen molar-refractivity contribution >= 4 is 5.65 Å². The number of alkyl halides is 5. The molecule has 2 aromatic heterocycles. The van der Waals surface area contributed by atoms with E-state index in [-0.39, 0.29) is 17.0 Å². The van der Waals surface area contributed by atoms with E-state index in [2.05, 4.69) is 9.72 Å². The standard InChI is InChI=1S/C18H12F6N2O3/c1-28-10-4-5-26-13(7-10)25-15(16(20)21)14(17(26)27)9-2-3-12(11(19)6-9)29-8-18(22,23)24/h2-7,16H,8H2,1H3. The zero-order chi connectivity index (χ0) is 21.3. The van der Waals surface area contributed by atoms with Crippen LogP contribution in [0.25, 0.3) is 16.8 Å². The van der Waals surface area contributed by atoms with Crippen LogP contribution in [0.2, 0.25) is 0 Å². The summed E-state index contributed by atoms with van der Waals surface area (Å²) >= 11 is 0. The van der Waals surface area contributed by atoms with E-state index in [0.29, 0.717) is 6.07 Å². The van der Waals surface area contributed by atoms with Gasteiger partial charge >= 0.3 is 6.18 Å². The maximum Gasteiger partial charge on any atom is 0.422 e. The van der Waals surface area contributed by atoms with E-state index < -0.39 is 47.6 Å². The number of benzene rings is 1. The van der Waals surface area contributed by atoms with Gasteiger partial charge in [-0.25, -0.2) is 18.2 Å². The molecule has 3 aromatic rings. The van der Waals surface area contributed by atoms with Crippen LogP contribution in [0.3, 0.4) is 0 Å². The van der Waals surface area contributed by atoms with Crippen molar-refractivity contribution in [2.24, 2.45) is 0 Å². The minimum absolute atomic E-state index is 0.112. The summed E-state index contributed by atoms with van der Waals surface area (Å²) in [6, 6.07) is 5.15. The molecule has 11 heteroatoms. The summed E-state index contributed by atoms with van der Waals surface area (Å²) in [5.41, 5.74) is -2.77. The Morgan fingerprint density at radius 3 is 2.48 bits per heavy atom. The third-order valence-electron chi connectivity index (χ3n) is 3.88. The highest BCUT2D eigenvalue weighted by molar-refractivity contribution is 5.68. The molecule has 0 N–H and O–H groups in total. The van der Waals surface area contributed by atoms with Crippen LogP contribution in [-0.2, 0) is 0 Å². The lowest BCUT2D eigenvalue weighted by molar-refractivity contribution is -0.153. The van der Waals surface area contributed by atoms with E-state index in [1.807, 2.05) is 0 Å². The van der Waals surface area contributed by atoms with Crippen LogP contribution < -0.4 is 15.0 Å². The number of rotatable bonds is 5. The van der Waals surface area contributed by atoms with Crippen molar-refractivity contribution in [3.8, 4) is 22.6 Å². The Labute approximate surface area is 159 Å². The molecule has 0 amide bonds. The highest BCUT2D eigenvalue weighted by Gasteiger charge is 2.29. The van der Waals surface area contributed by atoms with Crippen molar-refractivity contribution in [3.63, 3.8) is 0 Å². The molecule has 0 bridgehead atoms. The molecule has 3 rings (SSSR count). The minimum Gasteiger partial charge on any atom is -0.497 e. The summed E-state index contributed by atoms with van der Waals surface area (Å²) in [5, 5.41) is 0. The van der Waals surface area contributed by atoms with Gasteiger partial charge in [0, 0.05) is 12.3 Å². The lowest BCUT2D eigenvalue weighted by Crippen LogP contribution is -2.21. The molecular weight excluding hydrogens is 406 g/mol. The molecule has 0 aliphatic carbocycles. The van der Waals surface area contributed by atoms with Gasteiger partial charge in [0.05, 0.1) is 12.7 Å². The molecular formula is C18H12F6N2O3. The third kappa shape index (κ3) is 4.28. The maximum atomic E-state index is 14.2. The Bertz CT molecular complexity index is 1110. The van der Waals surface area contributed by atoms with Crippen molar-refractivity contribution in [2.75, 3.05) is 13.7 Å². The second-order valence-electron chi connectivity index (χ2n) is 5.82. The first kappa shape index (κ1) is 20.5. The Balaban J connectivity index is 2.13. The van der Waals surface area contributed by atoms with E-state index >= 15 is 0 Å². The Kier molecular flexibility index (Phi) is 5.40. The number of aromatic nitrogens is 2. The van der Waals surface area contributed by atoms with Gasteiger partial charge in [-0.2, -0.15) is 13.2 Å². The predicted molar refractivity (Wildman–Crippen MR) is 89.9 cm³/mol. The number of hydrogen-bond acceptors (Lipinski definition) is 4. The molecule has 2 heterocycles. The third-order valence-corrected chi connectivity index (χ3v) is 3.88. The molecule has 154 valence electrons. The van der Waals surface area contributed by atoms with Gasteiger partial charge in [0.15, 0.2) is 18.2 Å². The van der Waals surface area contributed by atoms with Crippen molar-refractivity contribution in [1.29, 1.82) is 0 Å². The molecule has 0 saturated heterocycles. The highest BCUT2D eigenvalue weighted by atomic mass is 19.4. The average Bonchev–Trinajstić information content (AvgIpc) is 2.65. The summed E-state index contributed by atoms with van der Waals surface area (Å²) < 4.78 is 88.2. The fourth-order valence-electron chi connectivity index (χ4n) is 2.63. The summed E-state index contributed by atoms with van der Waals surface area (Å²) in [5.74, 6) is -1.70. The first-order valence-electron chi connectivity index (χ1n) is 7.98. The Morgan fingerprint density at radius 1 is 1.17 bits per heavy atom. The van der Waals surface area contributed by atoms with Gasteiger partial charge in [0.25, 0.3) is 12.0 Å². The lowest BCUT2D eigenvalue weighted by atomic mass is 10.0. The summed E-state index contributed by atoms with van der Waals surface area (Å²) in [6.07, 6.45) is -6.60. The Morgan fingerprint density at radius 2 is 1.90 bits per heavy atom. The van der Waals surface area contributed by atoms with E-state index in [0.717, 1.165) is 16.5 Å². The predicted octanol–water partition coefficient (Wildman–Crippen LogP) is 4.39. The number of nitrogens with zero attached hydrogens (tertiary/aromatic N) is 2. The normalized spacial score (nSPS) is 11.9. The van der Waals surface area contributed by atoms with Gasteiger partial charge < -0.3 is 9.47 Å². The summed E-state index contributed by atoms with van der Waals surface area (Å²) in [4.78, 5) is 16.5. The fourth-order valence-corrected chi connectivity index (χ4v) is 2.63. The molecule has 0 spiro atoms. The van der Waals surface area contributed by atoms with Crippen LogP contribution in [0.15, 0.2) is 41.3 Å². The smallest absolute Gasteiger partial charge is 0.422 e. The van der Waals surface area contributed by atoms with Crippen molar-refractivity contribution in [1.82, 2.24) is 9.38 Å². The zero-order valence-electron chi connectivity index (χ0n) is 14.6. The molecule has 0 unspecified atom stereocenters. The number of ether oxygens (including phenoxy) is 2. The van der Waals surface area contributed by atoms with Crippen LogP contribution in [0.5, 0.6) is 11.5 Å². The summed E-state index contributed by atoms with van der Waals surface area (Å²) in [7, 11) is 1.34. The quantitative estimate of drug-likeness (QED) is 0.577. The fraction of sp³-hybridized carbons (Fsp3) is 0.222. The van der Waals surface area contributed by atoms with Crippen LogP contribution in [0.4, 0.5) is 26.3 Å². The molecule has 5 nitrogen and oxygen atoms in total. The molecule has 1 aromatic carbocycles. The van der Waals surface area contributed by atoms with Crippen LogP contribution in [-0.4, -0.2) is 29.3 Å². The molecule has 0 aliphatic heterocycles. The Hall–Kier alpha value is -3.24. The molecule has 0 radical (unpaired) electrons. The monoisotopic (exact) mass is 418 g/mol. The number of halogens is 6. The van der Waals surface area contributed by atoms with Gasteiger partial charge in [-0.05, 0) is 23.8 Å². The van der Waals surface area contributed by atoms with E-state index in [4.69, 9.17) is 4.74 Å². The van der Waals surface area contributed by atoms with Gasteiger partial charge in [-0.15, -0.1) is 0 Å². The number of methoxy groups -OCH3 is 1. The van der Waals surface area contributed by atoms with Crippen LogP contribution >= 0.6 is 0 Å². The van der Waals surface area contributed by atoms with Gasteiger partial charge in [-0.1, -0.05) is 6.07 Å². The average molecular weight is 418 g/mol. The number of fused-ring (bicyclic) bond motifs is 1. The molecule has 0 aliphatic rings. The SMILES string of the molecule is COc1ccn2c(=O)c(-c3ccc(OCC(F)(F)F)c(F)c3)c(C(F)F)nc2c1. The second kappa shape index (κ2) is 7.64. The lowest BCUT2D eigenvalue weighted by Gasteiger charge is -2.13. The van der Waals surface area contributed by atoms with Crippen LogP contribution in [0, 0.1) is 5.82 Å². The second-order valence-corrected chi connectivity index (χ2v) is 5.82. The number of pyridine rings is 1. The van der Waals surface area contributed by atoms with E-state index in [1.54, 1.807) is 0 Å². The van der Waals surface area contributed by atoms with Gasteiger partial charge in [0.1, 0.15) is 17.1 Å². The first-order valence-corrected chi connectivity index (χ1v) is 7.98. The van der Waals surface area contributed by atoms with Crippen molar-refractivity contribution < 1.29 is 35.8 Å². The molecule has 0 fully saturated rings. The van der Waals surface area contributed by atoms with Crippen molar-refractivity contribution in [2.45, 2.75) is 12.6 Å². The summed E-state index contributed by atoms with van der Waals surface area (Å²) in [6.45, 7) is -1.73. The molecule has 29 heavy (non-hydrogen) atoms. The topological polar surface area (TPSA) is 52.8 Å². The van der Waals surface area contributed by atoms with Gasteiger partial charge in [0.2, 0.25) is 0 Å². The number of hydrogen-bond donors (Lipinski definition) is 0. The van der Waals surface area contributed by atoms with Gasteiger partial charge in [-0.3, -0.25) is 9.20 Å². The first-order chi connectivity index (χ1) is 13.6.